The van der Waals surface area contributed by atoms with Crippen LogP contribution in [0.4, 0.5) is 4.79 Å². The number of carbonyl (C=O) groups excluding carboxylic acids is 4. The van der Waals surface area contributed by atoms with E-state index in [4.69, 9.17) is 4.74 Å². The average molecular weight is 607 g/mol. The molecule has 1 atom stereocenters. The van der Waals surface area contributed by atoms with Crippen molar-refractivity contribution in [3.05, 3.63) is 0 Å². The van der Waals surface area contributed by atoms with Gasteiger partial charge in [-0.1, -0.05) is 84.5 Å². The van der Waals surface area contributed by atoms with Gasteiger partial charge in [0, 0.05) is 26.4 Å². The van der Waals surface area contributed by atoms with E-state index in [1.54, 1.807) is 0 Å². The van der Waals surface area contributed by atoms with E-state index in [0.29, 0.717) is 19.4 Å². The van der Waals surface area contributed by atoms with E-state index < -0.39 is 6.03 Å². The van der Waals surface area contributed by atoms with Crippen LogP contribution in [0.15, 0.2) is 4.99 Å². The van der Waals surface area contributed by atoms with Crippen molar-refractivity contribution in [3.63, 3.8) is 0 Å². The van der Waals surface area contributed by atoms with Crippen LogP contribution in [0.1, 0.15) is 149 Å². The van der Waals surface area contributed by atoms with E-state index in [1.165, 1.54) is 45.6 Å². The zero-order valence-corrected chi connectivity index (χ0v) is 27.7. The Morgan fingerprint density at radius 3 is 2.02 bits per heavy atom. The number of aliphatic imine (C=N–C) groups is 1. The molecule has 1 heterocycles. The number of imide groups is 1. The number of hydrogen-bond donors (Lipinski definition) is 1. The van der Waals surface area contributed by atoms with Crippen LogP contribution in [0.5, 0.6) is 0 Å². The zero-order valence-electron chi connectivity index (χ0n) is 27.7. The SMILES string of the molecule is CCCCCCCCC(CC)OC(=O)CCCCCCCN(CCCCCCCC=O)CCCN=C1NC(=O)N(C)C1=O. The Hall–Kier alpha value is -2.29. The van der Waals surface area contributed by atoms with Crippen molar-refractivity contribution in [2.24, 2.45) is 4.99 Å². The molecule has 3 amide bonds. The van der Waals surface area contributed by atoms with E-state index in [9.17, 15) is 19.2 Å². The Kier molecular flexibility index (Phi) is 23.5. The second kappa shape index (κ2) is 26.1. The lowest BCUT2D eigenvalue weighted by atomic mass is 10.1. The molecular weight excluding hydrogens is 544 g/mol. The molecule has 0 bridgehead atoms. The first-order chi connectivity index (χ1) is 20.9. The third-order valence-corrected chi connectivity index (χ3v) is 8.22. The number of nitrogens with zero attached hydrogens (tertiary/aromatic N) is 3. The van der Waals surface area contributed by atoms with Crippen molar-refractivity contribution in [3.8, 4) is 0 Å². The molecule has 9 heteroatoms. The molecule has 0 aromatic rings. The number of likely N-dealkylation sites (N-methyl/N-ethyl adjacent to an activating group) is 1. The molecule has 1 unspecified atom stereocenters. The predicted molar refractivity (Wildman–Crippen MR) is 174 cm³/mol. The molecule has 1 aliphatic heterocycles. The van der Waals surface area contributed by atoms with Crippen LogP contribution in [-0.2, 0) is 19.1 Å². The fourth-order valence-corrected chi connectivity index (χ4v) is 5.39. The number of aldehydes is 1. The minimum absolute atomic E-state index is 0.0377. The first kappa shape index (κ1) is 38.7. The summed E-state index contributed by atoms with van der Waals surface area (Å²) < 4.78 is 5.74. The number of nitrogens with one attached hydrogen (secondary N) is 1. The summed E-state index contributed by atoms with van der Waals surface area (Å²) in [6.45, 7) is 7.81. The molecule has 0 saturated carbocycles. The topological polar surface area (TPSA) is 108 Å². The van der Waals surface area contributed by atoms with Crippen molar-refractivity contribution in [1.82, 2.24) is 15.1 Å². The number of rotatable bonds is 29. The minimum Gasteiger partial charge on any atom is -0.462 e. The average Bonchev–Trinajstić information content (AvgIpc) is 3.25. The lowest BCUT2D eigenvalue weighted by molar-refractivity contribution is -0.149. The van der Waals surface area contributed by atoms with Crippen LogP contribution in [0, 0.1) is 0 Å². The third-order valence-electron chi connectivity index (χ3n) is 8.22. The summed E-state index contributed by atoms with van der Waals surface area (Å²) >= 11 is 0. The molecule has 0 spiro atoms. The number of amides is 3. The molecule has 43 heavy (non-hydrogen) atoms. The summed E-state index contributed by atoms with van der Waals surface area (Å²) in [5, 5.41) is 2.52. The molecule has 0 aromatic heterocycles. The highest BCUT2D eigenvalue weighted by atomic mass is 16.5. The number of ether oxygens (including phenoxy) is 1. The second-order valence-electron chi connectivity index (χ2n) is 12.0. The number of esters is 1. The van der Waals surface area contributed by atoms with Gasteiger partial charge in [0.15, 0.2) is 5.84 Å². The summed E-state index contributed by atoms with van der Waals surface area (Å²) in [5.41, 5.74) is 0. The molecule has 0 radical (unpaired) electrons. The van der Waals surface area contributed by atoms with Gasteiger partial charge in [-0.15, -0.1) is 0 Å². The van der Waals surface area contributed by atoms with Crippen LogP contribution in [0.3, 0.4) is 0 Å². The van der Waals surface area contributed by atoms with Gasteiger partial charge in [-0.2, -0.15) is 0 Å². The summed E-state index contributed by atoms with van der Waals surface area (Å²) in [6, 6.07) is -0.427. The van der Waals surface area contributed by atoms with E-state index in [-0.39, 0.29) is 23.8 Å². The van der Waals surface area contributed by atoms with E-state index in [2.05, 4.69) is 29.1 Å². The Bertz CT molecular complexity index is 804. The molecule has 9 nitrogen and oxygen atoms in total. The Labute approximate surface area is 262 Å². The molecule has 248 valence electrons. The smallest absolute Gasteiger partial charge is 0.329 e. The maximum Gasteiger partial charge on any atom is 0.329 e. The van der Waals surface area contributed by atoms with Gasteiger partial charge in [-0.25, -0.2) is 4.79 Å². The standard InChI is InChI=1S/C34H62N4O5/c1-4-6-7-8-12-17-23-30(5-2)43-31(40)24-18-13-11-15-20-27-38(26-19-14-9-10-16-21-29-39)28-22-25-35-32-33(41)37(3)34(42)36-32/h29-30H,4-28H2,1-3H3,(H,35,36,42). The van der Waals surface area contributed by atoms with Crippen molar-refractivity contribution in [1.29, 1.82) is 0 Å². The van der Waals surface area contributed by atoms with E-state index >= 15 is 0 Å². The van der Waals surface area contributed by atoms with Gasteiger partial charge < -0.3 is 14.4 Å². The summed E-state index contributed by atoms with van der Waals surface area (Å²) in [5.74, 6) is -0.270. The van der Waals surface area contributed by atoms with Crippen LogP contribution in [0.2, 0.25) is 0 Å². The molecule has 1 rings (SSSR count). The number of unbranched alkanes of at least 4 members (excludes halogenated alkanes) is 14. The first-order valence-electron chi connectivity index (χ1n) is 17.4. The highest BCUT2D eigenvalue weighted by molar-refractivity contribution is 6.46. The summed E-state index contributed by atoms with van der Waals surface area (Å²) in [4.78, 5) is 54.3. The summed E-state index contributed by atoms with van der Waals surface area (Å²) in [6.07, 6.45) is 23.4. The molecular formula is C34H62N4O5. The van der Waals surface area contributed by atoms with Crippen LogP contribution in [-0.4, -0.2) is 79.2 Å². The predicted octanol–water partition coefficient (Wildman–Crippen LogP) is 7.21. The number of hydrogen-bond acceptors (Lipinski definition) is 7. The van der Waals surface area contributed by atoms with E-state index in [0.717, 1.165) is 114 Å². The summed E-state index contributed by atoms with van der Waals surface area (Å²) in [7, 11) is 1.45. The van der Waals surface area contributed by atoms with Crippen LogP contribution >= 0.6 is 0 Å². The first-order valence-corrected chi connectivity index (χ1v) is 17.4. The zero-order chi connectivity index (χ0) is 31.5. The van der Waals surface area contributed by atoms with E-state index in [1.807, 2.05) is 0 Å². The van der Waals surface area contributed by atoms with Gasteiger partial charge in [0.05, 0.1) is 0 Å². The maximum absolute atomic E-state index is 12.3. The molecule has 1 N–H and O–H groups in total. The highest BCUT2D eigenvalue weighted by Gasteiger charge is 2.31. The van der Waals surface area contributed by atoms with Gasteiger partial charge in [-0.05, 0) is 71.0 Å². The third kappa shape index (κ3) is 19.6. The second-order valence-corrected chi connectivity index (χ2v) is 12.0. The fourth-order valence-electron chi connectivity index (χ4n) is 5.39. The van der Waals surface area contributed by atoms with Crippen molar-refractivity contribution < 1.29 is 23.9 Å². The minimum atomic E-state index is -0.427. The van der Waals surface area contributed by atoms with Gasteiger partial charge in [0.25, 0.3) is 5.91 Å². The van der Waals surface area contributed by atoms with Gasteiger partial charge in [0.2, 0.25) is 0 Å². The Morgan fingerprint density at radius 1 is 0.837 bits per heavy atom. The Morgan fingerprint density at radius 2 is 1.42 bits per heavy atom. The lowest BCUT2D eigenvalue weighted by Crippen LogP contribution is -2.28. The number of urea groups is 1. The van der Waals surface area contributed by atoms with Gasteiger partial charge in [-0.3, -0.25) is 24.8 Å². The van der Waals surface area contributed by atoms with Gasteiger partial charge in [0.1, 0.15) is 12.4 Å². The largest absolute Gasteiger partial charge is 0.462 e. The molecule has 1 aliphatic rings. The van der Waals surface area contributed by atoms with Crippen molar-refractivity contribution >= 4 is 30.0 Å². The van der Waals surface area contributed by atoms with Crippen molar-refractivity contribution in [2.75, 3.05) is 33.2 Å². The van der Waals surface area contributed by atoms with Crippen LogP contribution < -0.4 is 5.32 Å². The molecule has 1 saturated heterocycles. The lowest BCUT2D eigenvalue weighted by Gasteiger charge is -2.22. The number of carbonyl (C=O) groups is 4. The van der Waals surface area contributed by atoms with Crippen molar-refractivity contribution in [2.45, 2.75) is 155 Å². The van der Waals surface area contributed by atoms with Crippen LogP contribution in [0.25, 0.3) is 0 Å². The quantitative estimate of drug-likeness (QED) is 0.0417. The van der Waals surface area contributed by atoms with Gasteiger partial charge >= 0.3 is 12.0 Å². The maximum atomic E-state index is 12.3. The molecule has 0 aliphatic carbocycles. The number of amidine groups is 1. The Balaban J connectivity index is 2.25. The normalized spacial score (nSPS) is 15.0. The molecule has 0 aromatic carbocycles. The monoisotopic (exact) mass is 606 g/mol. The molecule has 1 fully saturated rings. The fraction of sp³-hybridized carbons (Fsp3) is 0.853. The highest BCUT2D eigenvalue weighted by Crippen LogP contribution is 2.15.